The average Bonchev–Trinajstić information content (AvgIpc) is 2.19. The Morgan fingerprint density at radius 1 is 1.57 bits per heavy atom. The van der Waals surface area contributed by atoms with E-state index in [1.807, 2.05) is 6.92 Å². The van der Waals surface area contributed by atoms with E-state index < -0.39 is 11.8 Å². The first kappa shape index (κ1) is 11.2. The molecule has 0 bridgehead atoms. The van der Waals surface area contributed by atoms with Gasteiger partial charge in [0.15, 0.2) is 0 Å². The summed E-state index contributed by atoms with van der Waals surface area (Å²) in [5.74, 6) is -1.18. The molecule has 0 fully saturated rings. The van der Waals surface area contributed by atoms with E-state index in [1.54, 1.807) is 6.07 Å². The Kier molecular flexibility index (Phi) is 3.63. The second-order valence-electron chi connectivity index (χ2n) is 2.73. The fraction of sp³-hybridized carbons (Fsp3) is 0.300. The quantitative estimate of drug-likeness (QED) is 0.765. The molecule has 0 saturated heterocycles. The summed E-state index contributed by atoms with van der Waals surface area (Å²) in [6.07, 6.45) is 0.572. The monoisotopic (exact) mass is 260 g/mol. The minimum Gasteiger partial charge on any atom is -0.465 e. The topological polar surface area (TPSA) is 26.3 Å². The average molecular weight is 261 g/mol. The second kappa shape index (κ2) is 4.55. The fourth-order valence-electron chi connectivity index (χ4n) is 1.26. The first-order valence-electron chi connectivity index (χ1n) is 4.17. The number of carbonyl (C=O) groups excluding carboxylic acids is 1. The van der Waals surface area contributed by atoms with Crippen LogP contribution in [-0.4, -0.2) is 13.1 Å². The van der Waals surface area contributed by atoms with E-state index in [1.165, 1.54) is 13.2 Å². The van der Waals surface area contributed by atoms with Gasteiger partial charge in [0.05, 0.1) is 12.7 Å². The number of ether oxygens (including phenoxy) is 1. The lowest BCUT2D eigenvalue weighted by Crippen LogP contribution is -2.09. The van der Waals surface area contributed by atoms with E-state index in [0.717, 1.165) is 4.47 Å². The van der Waals surface area contributed by atoms with Crippen LogP contribution in [0.15, 0.2) is 16.6 Å². The van der Waals surface area contributed by atoms with Crippen LogP contribution in [0.25, 0.3) is 0 Å². The standard InChI is InChI=1S/C10H10BrFO2/c1-3-6-7(11)4-5-8(12)9(6)10(13)14-2/h4-5H,3H2,1-2H3. The SMILES string of the molecule is CCc1c(Br)ccc(F)c1C(=O)OC. The molecule has 1 aromatic carbocycles. The molecule has 76 valence electrons. The van der Waals surface area contributed by atoms with Gasteiger partial charge in [-0.25, -0.2) is 9.18 Å². The minimum atomic E-state index is -0.638. The third kappa shape index (κ3) is 1.95. The number of methoxy groups -OCH3 is 1. The summed E-state index contributed by atoms with van der Waals surface area (Å²) >= 11 is 3.26. The van der Waals surface area contributed by atoms with E-state index in [2.05, 4.69) is 20.7 Å². The van der Waals surface area contributed by atoms with Crippen LogP contribution >= 0.6 is 15.9 Å². The Hall–Kier alpha value is -0.900. The zero-order valence-electron chi connectivity index (χ0n) is 7.93. The molecule has 2 nitrogen and oxygen atoms in total. The van der Waals surface area contributed by atoms with Crippen molar-refractivity contribution in [3.05, 3.63) is 33.5 Å². The molecule has 0 heterocycles. The smallest absolute Gasteiger partial charge is 0.341 e. The van der Waals surface area contributed by atoms with Crippen LogP contribution in [-0.2, 0) is 11.2 Å². The first-order chi connectivity index (χ1) is 6.61. The van der Waals surface area contributed by atoms with Crippen molar-refractivity contribution in [2.75, 3.05) is 7.11 Å². The Balaban J connectivity index is 3.37. The Labute approximate surface area is 90.2 Å². The van der Waals surface area contributed by atoms with Crippen molar-refractivity contribution in [1.29, 1.82) is 0 Å². The molecule has 0 aliphatic rings. The van der Waals surface area contributed by atoms with Gasteiger partial charge in [-0.3, -0.25) is 0 Å². The van der Waals surface area contributed by atoms with E-state index in [0.29, 0.717) is 12.0 Å². The molecule has 0 amide bonds. The lowest BCUT2D eigenvalue weighted by Gasteiger charge is -2.08. The predicted molar refractivity (Wildman–Crippen MR) is 54.8 cm³/mol. The maximum atomic E-state index is 13.3. The molecule has 0 aliphatic carbocycles. The molecule has 0 saturated carbocycles. The van der Waals surface area contributed by atoms with Crippen molar-refractivity contribution in [2.45, 2.75) is 13.3 Å². The highest BCUT2D eigenvalue weighted by Crippen LogP contribution is 2.24. The molecule has 0 atom stereocenters. The molecule has 0 radical (unpaired) electrons. The third-order valence-electron chi connectivity index (χ3n) is 1.95. The summed E-state index contributed by atoms with van der Waals surface area (Å²) < 4.78 is 18.6. The van der Waals surface area contributed by atoms with Crippen LogP contribution in [0, 0.1) is 5.82 Å². The number of rotatable bonds is 2. The van der Waals surface area contributed by atoms with E-state index in [4.69, 9.17) is 0 Å². The molecular weight excluding hydrogens is 251 g/mol. The number of hydrogen-bond donors (Lipinski definition) is 0. The van der Waals surface area contributed by atoms with Crippen LogP contribution in [0.3, 0.4) is 0 Å². The van der Waals surface area contributed by atoms with Gasteiger partial charge in [-0.1, -0.05) is 22.9 Å². The minimum absolute atomic E-state index is 0.0179. The van der Waals surface area contributed by atoms with Gasteiger partial charge in [0.2, 0.25) is 0 Å². The molecular formula is C10H10BrFO2. The van der Waals surface area contributed by atoms with Gasteiger partial charge in [-0.2, -0.15) is 0 Å². The zero-order valence-corrected chi connectivity index (χ0v) is 9.52. The summed E-state index contributed by atoms with van der Waals surface area (Å²) in [5, 5.41) is 0. The van der Waals surface area contributed by atoms with Gasteiger partial charge in [-0.15, -0.1) is 0 Å². The fourth-order valence-corrected chi connectivity index (χ4v) is 1.87. The molecule has 0 aromatic heterocycles. The Bertz CT molecular complexity index is 363. The first-order valence-corrected chi connectivity index (χ1v) is 4.96. The normalized spacial score (nSPS) is 10.0. The molecule has 0 aliphatic heterocycles. The molecule has 0 unspecified atom stereocenters. The van der Waals surface area contributed by atoms with Crippen molar-refractivity contribution < 1.29 is 13.9 Å². The van der Waals surface area contributed by atoms with Gasteiger partial charge < -0.3 is 4.74 Å². The molecule has 4 heteroatoms. The summed E-state index contributed by atoms with van der Waals surface area (Å²) in [7, 11) is 1.24. The Morgan fingerprint density at radius 3 is 2.71 bits per heavy atom. The van der Waals surface area contributed by atoms with Crippen molar-refractivity contribution in [3.63, 3.8) is 0 Å². The van der Waals surface area contributed by atoms with Crippen molar-refractivity contribution in [1.82, 2.24) is 0 Å². The number of carbonyl (C=O) groups is 1. The van der Waals surface area contributed by atoms with E-state index >= 15 is 0 Å². The molecule has 0 N–H and O–H groups in total. The highest BCUT2D eigenvalue weighted by molar-refractivity contribution is 9.10. The van der Waals surface area contributed by atoms with Gasteiger partial charge in [0.1, 0.15) is 5.82 Å². The van der Waals surface area contributed by atoms with Gasteiger partial charge in [0.25, 0.3) is 0 Å². The van der Waals surface area contributed by atoms with Crippen molar-refractivity contribution in [3.8, 4) is 0 Å². The van der Waals surface area contributed by atoms with Crippen LogP contribution in [0.1, 0.15) is 22.8 Å². The molecule has 1 rings (SSSR count). The maximum absolute atomic E-state index is 13.3. The van der Waals surface area contributed by atoms with Gasteiger partial charge in [0, 0.05) is 4.47 Å². The van der Waals surface area contributed by atoms with Gasteiger partial charge >= 0.3 is 5.97 Å². The number of hydrogen-bond acceptors (Lipinski definition) is 2. The summed E-state index contributed by atoms with van der Waals surface area (Å²) in [6, 6.07) is 2.83. The summed E-state index contributed by atoms with van der Waals surface area (Å²) in [6.45, 7) is 1.85. The predicted octanol–water partition coefficient (Wildman–Crippen LogP) is 2.94. The summed E-state index contributed by atoms with van der Waals surface area (Å²) in [4.78, 5) is 11.3. The van der Waals surface area contributed by atoms with Crippen LogP contribution < -0.4 is 0 Å². The lowest BCUT2D eigenvalue weighted by atomic mass is 10.0. The largest absolute Gasteiger partial charge is 0.465 e. The number of halogens is 2. The highest BCUT2D eigenvalue weighted by atomic mass is 79.9. The Morgan fingerprint density at radius 2 is 2.21 bits per heavy atom. The maximum Gasteiger partial charge on any atom is 0.341 e. The van der Waals surface area contributed by atoms with E-state index in [9.17, 15) is 9.18 Å². The van der Waals surface area contributed by atoms with Crippen LogP contribution in [0.4, 0.5) is 4.39 Å². The van der Waals surface area contributed by atoms with Crippen molar-refractivity contribution in [2.24, 2.45) is 0 Å². The third-order valence-corrected chi connectivity index (χ3v) is 2.69. The molecule has 0 spiro atoms. The van der Waals surface area contributed by atoms with Gasteiger partial charge in [-0.05, 0) is 24.1 Å². The summed E-state index contributed by atoms with van der Waals surface area (Å²) in [5.41, 5.74) is 0.654. The molecule has 1 aromatic rings. The highest BCUT2D eigenvalue weighted by Gasteiger charge is 2.18. The zero-order chi connectivity index (χ0) is 10.7. The van der Waals surface area contributed by atoms with Crippen molar-refractivity contribution >= 4 is 21.9 Å². The number of esters is 1. The second-order valence-corrected chi connectivity index (χ2v) is 3.58. The van der Waals surface area contributed by atoms with Crippen LogP contribution in [0.5, 0.6) is 0 Å². The number of benzene rings is 1. The molecule has 14 heavy (non-hydrogen) atoms. The lowest BCUT2D eigenvalue weighted by molar-refractivity contribution is 0.0594. The van der Waals surface area contributed by atoms with E-state index in [-0.39, 0.29) is 5.56 Å². The van der Waals surface area contributed by atoms with Crippen LogP contribution in [0.2, 0.25) is 0 Å².